The Morgan fingerprint density at radius 3 is 2.44 bits per heavy atom. The van der Waals surface area contributed by atoms with Crippen molar-refractivity contribution >= 4 is 28.8 Å². The first-order chi connectivity index (χ1) is 8.58. The highest BCUT2D eigenvalue weighted by molar-refractivity contribution is 7.80. The lowest BCUT2D eigenvalue weighted by atomic mass is 10.1. The number of carbonyl (C=O) groups excluding carboxylic acids is 1. The van der Waals surface area contributed by atoms with Crippen LogP contribution in [0.3, 0.4) is 0 Å². The summed E-state index contributed by atoms with van der Waals surface area (Å²) >= 11 is 4.93. The molecule has 0 radical (unpaired) electrons. The molecule has 0 aromatic heterocycles. The number of thiocarbonyl (C=S) groups is 1. The first-order valence-corrected chi connectivity index (χ1v) is 6.30. The summed E-state index contributed by atoms with van der Waals surface area (Å²) in [7, 11) is 0. The summed E-state index contributed by atoms with van der Waals surface area (Å²) in [5.41, 5.74) is 6.73. The molecule has 1 saturated carbocycles. The van der Waals surface area contributed by atoms with Gasteiger partial charge in [0, 0.05) is 12.3 Å². The minimum absolute atomic E-state index is 0.120. The molecule has 1 aromatic carbocycles. The molecule has 0 aliphatic heterocycles. The molecule has 0 heterocycles. The Balaban J connectivity index is 2.01. The van der Waals surface area contributed by atoms with E-state index in [4.69, 9.17) is 23.1 Å². The number of benzene rings is 1. The predicted molar refractivity (Wildman–Crippen MR) is 74.3 cm³/mol. The first kappa shape index (κ1) is 13.0. The van der Waals surface area contributed by atoms with Gasteiger partial charge >= 0.3 is 0 Å². The monoisotopic (exact) mass is 264 g/mol. The second kappa shape index (κ2) is 5.04. The Morgan fingerprint density at radius 2 is 2.00 bits per heavy atom. The number of rotatable bonds is 5. The molecule has 4 N–H and O–H groups in total. The molecule has 1 fully saturated rings. The number of amides is 1. The molecule has 0 saturated heterocycles. The Bertz CT molecular complexity index is 466. The van der Waals surface area contributed by atoms with Crippen molar-refractivity contribution in [2.45, 2.75) is 19.3 Å². The number of nitrogens with one attached hydrogen (secondary N) is 1. The molecule has 0 bridgehead atoms. The standard InChI is InChI=1S/C13H16N2O2S/c14-11(18)13(6-7-13)12(17)15-10-3-1-9(2-4-10)5-8-16/h1-4,16H,5-8H2,(H2,14,18)(H,15,17). The average molecular weight is 264 g/mol. The van der Waals surface area contributed by atoms with Gasteiger partial charge in [0.15, 0.2) is 0 Å². The molecule has 1 amide bonds. The van der Waals surface area contributed by atoms with Gasteiger partial charge in [-0.1, -0.05) is 24.4 Å². The van der Waals surface area contributed by atoms with Crippen molar-refractivity contribution in [3.05, 3.63) is 29.8 Å². The van der Waals surface area contributed by atoms with Crippen LogP contribution in [0, 0.1) is 5.41 Å². The summed E-state index contributed by atoms with van der Waals surface area (Å²) in [6, 6.07) is 7.40. The molecule has 1 aliphatic rings. The molecule has 0 unspecified atom stereocenters. The van der Waals surface area contributed by atoms with Crippen LogP contribution in [0.5, 0.6) is 0 Å². The molecular formula is C13H16N2O2S. The van der Waals surface area contributed by atoms with Crippen LogP contribution in [0.1, 0.15) is 18.4 Å². The predicted octanol–water partition coefficient (Wildman–Crippen LogP) is 1.23. The third kappa shape index (κ3) is 2.52. The summed E-state index contributed by atoms with van der Waals surface area (Å²) in [4.78, 5) is 12.3. The molecule has 0 atom stereocenters. The van der Waals surface area contributed by atoms with Crippen LogP contribution >= 0.6 is 12.2 Å². The number of aliphatic hydroxyl groups is 1. The lowest BCUT2D eigenvalue weighted by Crippen LogP contribution is -2.34. The van der Waals surface area contributed by atoms with E-state index in [1.807, 2.05) is 24.3 Å². The number of aliphatic hydroxyl groups excluding tert-OH is 1. The number of hydrogen-bond acceptors (Lipinski definition) is 3. The van der Waals surface area contributed by atoms with E-state index in [0.29, 0.717) is 6.42 Å². The van der Waals surface area contributed by atoms with Crippen LogP contribution in [0.15, 0.2) is 24.3 Å². The molecular weight excluding hydrogens is 248 g/mol. The van der Waals surface area contributed by atoms with Crippen LogP contribution in [-0.2, 0) is 11.2 Å². The maximum absolute atomic E-state index is 12.0. The molecule has 96 valence electrons. The van der Waals surface area contributed by atoms with E-state index >= 15 is 0 Å². The fourth-order valence-corrected chi connectivity index (χ4v) is 2.14. The highest BCUT2D eigenvalue weighted by Gasteiger charge is 2.52. The van der Waals surface area contributed by atoms with E-state index in [2.05, 4.69) is 5.32 Å². The number of hydrogen-bond donors (Lipinski definition) is 3. The second-order valence-electron chi connectivity index (χ2n) is 4.57. The zero-order valence-electron chi connectivity index (χ0n) is 9.98. The van der Waals surface area contributed by atoms with Gasteiger partial charge in [-0.3, -0.25) is 4.79 Å². The molecule has 1 aromatic rings. The number of anilines is 1. The number of nitrogens with two attached hydrogens (primary N) is 1. The summed E-state index contributed by atoms with van der Waals surface area (Å²) in [6.07, 6.45) is 2.08. The van der Waals surface area contributed by atoms with Gasteiger partial charge in [0.1, 0.15) is 0 Å². The highest BCUT2D eigenvalue weighted by Crippen LogP contribution is 2.46. The maximum Gasteiger partial charge on any atom is 0.237 e. The zero-order chi connectivity index (χ0) is 13.2. The summed E-state index contributed by atoms with van der Waals surface area (Å²) in [6.45, 7) is 0.121. The van der Waals surface area contributed by atoms with Crippen LogP contribution < -0.4 is 11.1 Å². The number of carbonyl (C=O) groups is 1. The summed E-state index contributed by atoms with van der Waals surface area (Å²) in [5.74, 6) is -0.120. The van der Waals surface area contributed by atoms with Crippen molar-refractivity contribution in [3.8, 4) is 0 Å². The molecule has 0 spiro atoms. The van der Waals surface area contributed by atoms with Crippen LogP contribution in [-0.4, -0.2) is 22.6 Å². The lowest BCUT2D eigenvalue weighted by Gasteiger charge is -2.13. The maximum atomic E-state index is 12.0. The Hall–Kier alpha value is -1.46. The fraction of sp³-hybridized carbons (Fsp3) is 0.385. The third-order valence-electron chi connectivity index (χ3n) is 3.27. The van der Waals surface area contributed by atoms with Crippen molar-refractivity contribution < 1.29 is 9.90 Å². The van der Waals surface area contributed by atoms with E-state index < -0.39 is 5.41 Å². The Morgan fingerprint density at radius 1 is 1.39 bits per heavy atom. The molecule has 4 nitrogen and oxygen atoms in total. The van der Waals surface area contributed by atoms with Crippen molar-refractivity contribution in [1.29, 1.82) is 0 Å². The van der Waals surface area contributed by atoms with E-state index in [1.54, 1.807) is 0 Å². The molecule has 2 rings (SSSR count). The van der Waals surface area contributed by atoms with Crippen molar-refractivity contribution in [1.82, 2.24) is 0 Å². The smallest absolute Gasteiger partial charge is 0.237 e. The second-order valence-corrected chi connectivity index (χ2v) is 5.01. The van der Waals surface area contributed by atoms with Gasteiger partial charge in [-0.2, -0.15) is 0 Å². The van der Waals surface area contributed by atoms with Crippen molar-refractivity contribution in [2.75, 3.05) is 11.9 Å². The van der Waals surface area contributed by atoms with E-state index in [0.717, 1.165) is 24.1 Å². The van der Waals surface area contributed by atoms with Crippen molar-refractivity contribution in [2.24, 2.45) is 11.1 Å². The van der Waals surface area contributed by atoms with Crippen LogP contribution in [0.2, 0.25) is 0 Å². The minimum atomic E-state index is -0.626. The SMILES string of the molecule is NC(=S)C1(C(=O)Nc2ccc(CCO)cc2)CC1. The van der Waals surface area contributed by atoms with Crippen molar-refractivity contribution in [3.63, 3.8) is 0 Å². The quantitative estimate of drug-likeness (QED) is 0.699. The van der Waals surface area contributed by atoms with E-state index in [1.165, 1.54) is 0 Å². The Kier molecular flexibility index (Phi) is 3.63. The molecule has 18 heavy (non-hydrogen) atoms. The van der Waals surface area contributed by atoms with Gasteiger partial charge in [0.2, 0.25) is 5.91 Å². The van der Waals surface area contributed by atoms with Gasteiger partial charge in [-0.25, -0.2) is 0 Å². The minimum Gasteiger partial charge on any atom is -0.396 e. The van der Waals surface area contributed by atoms with Gasteiger partial charge in [0.05, 0.1) is 10.4 Å². The summed E-state index contributed by atoms with van der Waals surface area (Å²) < 4.78 is 0. The zero-order valence-corrected chi connectivity index (χ0v) is 10.8. The van der Waals surface area contributed by atoms with E-state index in [-0.39, 0.29) is 17.5 Å². The molecule has 1 aliphatic carbocycles. The largest absolute Gasteiger partial charge is 0.396 e. The topological polar surface area (TPSA) is 75.4 Å². The van der Waals surface area contributed by atoms with Gasteiger partial charge in [-0.05, 0) is 37.0 Å². The lowest BCUT2D eigenvalue weighted by molar-refractivity contribution is -0.118. The van der Waals surface area contributed by atoms with Gasteiger partial charge in [-0.15, -0.1) is 0 Å². The van der Waals surface area contributed by atoms with Crippen LogP contribution in [0.25, 0.3) is 0 Å². The van der Waals surface area contributed by atoms with Crippen LogP contribution in [0.4, 0.5) is 5.69 Å². The third-order valence-corrected chi connectivity index (χ3v) is 3.66. The normalized spacial score (nSPS) is 16.1. The molecule has 5 heteroatoms. The fourth-order valence-electron chi connectivity index (χ4n) is 1.84. The van der Waals surface area contributed by atoms with Gasteiger partial charge < -0.3 is 16.2 Å². The van der Waals surface area contributed by atoms with E-state index in [9.17, 15) is 4.79 Å². The Labute approximate surface area is 111 Å². The van der Waals surface area contributed by atoms with Gasteiger partial charge in [0.25, 0.3) is 0 Å². The average Bonchev–Trinajstić information content (AvgIpc) is 3.13. The summed E-state index contributed by atoms with van der Waals surface area (Å²) in [5, 5.41) is 11.6. The first-order valence-electron chi connectivity index (χ1n) is 5.90. The highest BCUT2D eigenvalue weighted by atomic mass is 32.1.